The van der Waals surface area contributed by atoms with Crippen LogP contribution in [0.4, 0.5) is 4.79 Å². The third-order valence-corrected chi connectivity index (χ3v) is 2.72. The molecule has 1 N–H and O–H groups in total. The average molecular weight is 257 g/mol. The zero-order valence-electron chi connectivity index (χ0n) is 11.5. The van der Waals surface area contributed by atoms with Gasteiger partial charge in [0.25, 0.3) is 0 Å². The SMILES string of the molecule is CC(C)(C)OC(=O)NCCC(=O)C1CCOCC1. The maximum Gasteiger partial charge on any atom is 0.407 e. The fourth-order valence-electron chi connectivity index (χ4n) is 1.83. The Kier molecular flexibility index (Phi) is 5.59. The lowest BCUT2D eigenvalue weighted by atomic mass is 9.93. The summed E-state index contributed by atoms with van der Waals surface area (Å²) in [5.74, 6) is 0.300. The molecule has 0 aliphatic carbocycles. The number of rotatable bonds is 4. The number of Topliss-reactive ketones (excluding diaryl/α,β-unsaturated/α-hetero) is 1. The molecule has 0 bridgehead atoms. The van der Waals surface area contributed by atoms with Crippen LogP contribution in [0.1, 0.15) is 40.0 Å². The fourth-order valence-corrected chi connectivity index (χ4v) is 1.83. The maximum absolute atomic E-state index is 11.8. The van der Waals surface area contributed by atoms with E-state index in [0.29, 0.717) is 26.2 Å². The number of hydrogen-bond acceptors (Lipinski definition) is 4. The summed E-state index contributed by atoms with van der Waals surface area (Å²) in [5.41, 5.74) is -0.505. The normalized spacial score (nSPS) is 17.3. The molecule has 0 saturated carbocycles. The maximum atomic E-state index is 11.8. The van der Waals surface area contributed by atoms with Gasteiger partial charge in [-0.05, 0) is 33.6 Å². The van der Waals surface area contributed by atoms with Crippen molar-refractivity contribution >= 4 is 11.9 Å². The molecule has 18 heavy (non-hydrogen) atoms. The van der Waals surface area contributed by atoms with Gasteiger partial charge in [-0.2, -0.15) is 0 Å². The molecule has 0 aromatic heterocycles. The van der Waals surface area contributed by atoms with E-state index in [0.717, 1.165) is 12.8 Å². The molecule has 0 radical (unpaired) electrons. The smallest absolute Gasteiger partial charge is 0.407 e. The van der Waals surface area contributed by atoms with Crippen LogP contribution in [0.25, 0.3) is 0 Å². The predicted molar refractivity (Wildman–Crippen MR) is 67.4 cm³/mol. The Labute approximate surface area is 108 Å². The van der Waals surface area contributed by atoms with Gasteiger partial charge in [0.2, 0.25) is 0 Å². The standard InChI is InChI=1S/C13H23NO4/c1-13(2,3)18-12(16)14-7-4-11(15)10-5-8-17-9-6-10/h10H,4-9H2,1-3H3,(H,14,16). The zero-order chi connectivity index (χ0) is 13.6. The van der Waals surface area contributed by atoms with Gasteiger partial charge in [0.1, 0.15) is 11.4 Å². The second kappa shape index (κ2) is 6.73. The molecule has 1 heterocycles. The van der Waals surface area contributed by atoms with Crippen LogP contribution >= 0.6 is 0 Å². The van der Waals surface area contributed by atoms with Gasteiger partial charge in [0.05, 0.1) is 0 Å². The van der Waals surface area contributed by atoms with Crippen LogP contribution in [0.3, 0.4) is 0 Å². The molecule has 5 heteroatoms. The van der Waals surface area contributed by atoms with Crippen molar-refractivity contribution in [1.82, 2.24) is 5.32 Å². The van der Waals surface area contributed by atoms with Crippen molar-refractivity contribution < 1.29 is 19.1 Å². The summed E-state index contributed by atoms with van der Waals surface area (Å²) in [6, 6.07) is 0. The van der Waals surface area contributed by atoms with E-state index in [4.69, 9.17) is 9.47 Å². The third kappa shape index (κ3) is 6.00. The lowest BCUT2D eigenvalue weighted by Crippen LogP contribution is -2.34. The highest BCUT2D eigenvalue weighted by Gasteiger charge is 2.21. The van der Waals surface area contributed by atoms with Crippen LogP contribution < -0.4 is 5.32 Å². The molecule has 1 fully saturated rings. The topological polar surface area (TPSA) is 64.6 Å². The highest BCUT2D eigenvalue weighted by atomic mass is 16.6. The fraction of sp³-hybridized carbons (Fsp3) is 0.846. The van der Waals surface area contributed by atoms with E-state index in [9.17, 15) is 9.59 Å². The Morgan fingerprint density at radius 3 is 2.44 bits per heavy atom. The molecule has 1 rings (SSSR count). The molecule has 1 saturated heterocycles. The number of ketones is 1. The Morgan fingerprint density at radius 1 is 1.28 bits per heavy atom. The van der Waals surface area contributed by atoms with Crippen molar-refractivity contribution in [3.8, 4) is 0 Å². The van der Waals surface area contributed by atoms with Crippen molar-refractivity contribution in [2.75, 3.05) is 19.8 Å². The summed E-state index contributed by atoms with van der Waals surface area (Å²) in [7, 11) is 0. The molecule has 0 spiro atoms. The van der Waals surface area contributed by atoms with Gasteiger partial charge in [0.15, 0.2) is 0 Å². The Hall–Kier alpha value is -1.10. The third-order valence-electron chi connectivity index (χ3n) is 2.72. The second-order valence-corrected chi connectivity index (χ2v) is 5.53. The predicted octanol–water partition coefficient (Wildman–Crippen LogP) is 1.90. The summed E-state index contributed by atoms with van der Waals surface area (Å²) in [4.78, 5) is 23.2. The molecular formula is C13H23NO4. The molecule has 0 unspecified atom stereocenters. The van der Waals surface area contributed by atoms with Gasteiger partial charge in [-0.3, -0.25) is 4.79 Å². The first kappa shape index (κ1) is 15.0. The highest BCUT2D eigenvalue weighted by Crippen LogP contribution is 2.16. The number of hydrogen-bond donors (Lipinski definition) is 1. The Morgan fingerprint density at radius 2 is 1.89 bits per heavy atom. The highest BCUT2D eigenvalue weighted by molar-refractivity contribution is 5.81. The van der Waals surface area contributed by atoms with E-state index in [2.05, 4.69) is 5.32 Å². The number of ether oxygens (including phenoxy) is 2. The van der Waals surface area contributed by atoms with Crippen molar-refractivity contribution in [3.63, 3.8) is 0 Å². The van der Waals surface area contributed by atoms with Crippen molar-refractivity contribution in [2.24, 2.45) is 5.92 Å². The lowest BCUT2D eigenvalue weighted by molar-refractivity contribution is -0.125. The molecule has 1 aliphatic rings. The number of amides is 1. The molecule has 104 valence electrons. The summed E-state index contributed by atoms with van der Waals surface area (Å²) in [5, 5.41) is 2.60. The van der Waals surface area contributed by atoms with Gasteiger partial charge in [-0.15, -0.1) is 0 Å². The molecule has 1 aliphatic heterocycles. The van der Waals surface area contributed by atoms with Gasteiger partial charge in [0, 0.05) is 32.1 Å². The lowest BCUT2D eigenvalue weighted by Gasteiger charge is -2.21. The first-order chi connectivity index (χ1) is 8.38. The number of nitrogens with one attached hydrogen (secondary N) is 1. The van der Waals surface area contributed by atoms with Gasteiger partial charge in [-0.1, -0.05) is 0 Å². The average Bonchev–Trinajstić information content (AvgIpc) is 2.27. The van der Waals surface area contributed by atoms with Crippen LogP contribution in [0.2, 0.25) is 0 Å². The molecule has 1 amide bonds. The largest absolute Gasteiger partial charge is 0.444 e. The number of carbonyl (C=O) groups is 2. The summed E-state index contributed by atoms with van der Waals surface area (Å²) >= 11 is 0. The van der Waals surface area contributed by atoms with E-state index >= 15 is 0 Å². The Bertz CT molecular complexity index is 290. The van der Waals surface area contributed by atoms with Gasteiger partial charge in [-0.25, -0.2) is 4.79 Å². The van der Waals surface area contributed by atoms with E-state index in [1.54, 1.807) is 20.8 Å². The Balaban J connectivity index is 2.17. The minimum atomic E-state index is -0.505. The van der Waals surface area contributed by atoms with E-state index in [1.807, 2.05) is 0 Å². The summed E-state index contributed by atoms with van der Waals surface area (Å²) in [6.45, 7) is 7.08. The summed E-state index contributed by atoms with van der Waals surface area (Å²) in [6.07, 6.45) is 1.49. The van der Waals surface area contributed by atoms with Crippen LogP contribution in [-0.2, 0) is 14.3 Å². The van der Waals surface area contributed by atoms with Crippen LogP contribution in [-0.4, -0.2) is 37.2 Å². The van der Waals surface area contributed by atoms with Crippen LogP contribution in [0.5, 0.6) is 0 Å². The molecule has 5 nitrogen and oxygen atoms in total. The van der Waals surface area contributed by atoms with Crippen LogP contribution in [0, 0.1) is 5.92 Å². The monoisotopic (exact) mass is 257 g/mol. The minimum absolute atomic E-state index is 0.0965. The quantitative estimate of drug-likeness (QED) is 0.835. The number of carbonyl (C=O) groups excluding carboxylic acids is 2. The van der Waals surface area contributed by atoms with E-state index in [1.165, 1.54) is 0 Å². The van der Waals surface area contributed by atoms with E-state index < -0.39 is 11.7 Å². The summed E-state index contributed by atoms with van der Waals surface area (Å²) < 4.78 is 10.3. The minimum Gasteiger partial charge on any atom is -0.444 e. The second-order valence-electron chi connectivity index (χ2n) is 5.53. The van der Waals surface area contributed by atoms with Crippen molar-refractivity contribution in [2.45, 2.75) is 45.6 Å². The van der Waals surface area contributed by atoms with Crippen LogP contribution in [0.15, 0.2) is 0 Å². The molecule has 0 atom stereocenters. The van der Waals surface area contributed by atoms with Gasteiger partial charge < -0.3 is 14.8 Å². The van der Waals surface area contributed by atoms with Crippen molar-refractivity contribution in [3.05, 3.63) is 0 Å². The van der Waals surface area contributed by atoms with Crippen molar-refractivity contribution in [1.29, 1.82) is 0 Å². The first-order valence-electron chi connectivity index (χ1n) is 6.46. The molecule has 0 aromatic rings. The number of alkyl carbamates (subject to hydrolysis) is 1. The zero-order valence-corrected chi connectivity index (χ0v) is 11.5. The first-order valence-corrected chi connectivity index (χ1v) is 6.46. The molecular weight excluding hydrogens is 234 g/mol. The van der Waals surface area contributed by atoms with Gasteiger partial charge >= 0.3 is 6.09 Å². The molecule has 0 aromatic carbocycles. The van der Waals surface area contributed by atoms with E-state index in [-0.39, 0.29) is 11.7 Å².